The molecule has 138 valence electrons. The number of nitro groups is 1. The molecular formula is C17H25N3O4S. The zero-order valence-electron chi connectivity index (χ0n) is 14.4. The van der Waals surface area contributed by atoms with E-state index in [0.717, 1.165) is 24.2 Å². The van der Waals surface area contributed by atoms with Crippen LogP contribution in [0.5, 0.6) is 0 Å². The third-order valence-corrected chi connectivity index (χ3v) is 5.26. The summed E-state index contributed by atoms with van der Waals surface area (Å²) < 4.78 is 5.76. The van der Waals surface area contributed by atoms with E-state index in [0.29, 0.717) is 26.2 Å². The first kappa shape index (κ1) is 19.7. The van der Waals surface area contributed by atoms with Gasteiger partial charge in [-0.15, -0.1) is 11.8 Å². The average Bonchev–Trinajstić information content (AvgIpc) is 2.62. The van der Waals surface area contributed by atoms with Crippen LogP contribution < -0.4 is 5.73 Å². The number of carbonyl (C=O) groups excluding carboxylic acids is 1. The van der Waals surface area contributed by atoms with Crippen molar-refractivity contribution in [2.24, 2.45) is 5.73 Å². The highest BCUT2D eigenvalue weighted by molar-refractivity contribution is 8.00. The van der Waals surface area contributed by atoms with E-state index in [4.69, 9.17) is 10.5 Å². The molecule has 1 amide bonds. The molecule has 1 heterocycles. The zero-order valence-corrected chi connectivity index (χ0v) is 15.2. The van der Waals surface area contributed by atoms with Gasteiger partial charge in [0.1, 0.15) is 0 Å². The Bertz CT molecular complexity index is 574. The van der Waals surface area contributed by atoms with Crippen LogP contribution in [0.2, 0.25) is 0 Å². The number of non-ortho nitro benzene ring substituents is 1. The van der Waals surface area contributed by atoms with E-state index in [9.17, 15) is 14.9 Å². The molecule has 0 bridgehead atoms. The Balaban J connectivity index is 1.79. The van der Waals surface area contributed by atoms with Gasteiger partial charge in [-0.25, -0.2) is 0 Å². The van der Waals surface area contributed by atoms with Gasteiger partial charge in [0.05, 0.1) is 16.3 Å². The normalized spacial score (nSPS) is 16.6. The number of thioether (sulfide) groups is 1. The van der Waals surface area contributed by atoms with Gasteiger partial charge in [0, 0.05) is 36.7 Å². The Hall–Kier alpha value is -1.64. The fourth-order valence-corrected chi connectivity index (χ4v) is 3.69. The Labute approximate surface area is 152 Å². The molecule has 0 saturated carbocycles. The molecule has 2 N–H and O–H groups in total. The average molecular weight is 367 g/mol. The summed E-state index contributed by atoms with van der Waals surface area (Å²) in [6.07, 6.45) is 2.78. The number of nitrogens with zero attached hydrogens (tertiary/aromatic N) is 2. The second-order valence-electron chi connectivity index (χ2n) is 6.05. The fraction of sp³-hybridized carbons (Fsp3) is 0.588. The number of nitro benzene ring substituents is 1. The Kier molecular flexibility index (Phi) is 7.67. The molecule has 0 aromatic heterocycles. The molecule has 0 aliphatic carbocycles. The van der Waals surface area contributed by atoms with Gasteiger partial charge < -0.3 is 15.4 Å². The van der Waals surface area contributed by atoms with Gasteiger partial charge in [-0.2, -0.15) is 0 Å². The second-order valence-corrected chi connectivity index (χ2v) is 7.46. The fourth-order valence-electron chi connectivity index (χ4n) is 2.73. The summed E-state index contributed by atoms with van der Waals surface area (Å²) in [6, 6.07) is 6.29. The largest absolute Gasteiger partial charge is 0.378 e. The summed E-state index contributed by atoms with van der Waals surface area (Å²) in [6.45, 7) is 4.60. The molecule has 1 fully saturated rings. The molecule has 1 atom stereocenters. The van der Waals surface area contributed by atoms with Gasteiger partial charge in [-0.05, 0) is 44.9 Å². The van der Waals surface area contributed by atoms with Crippen LogP contribution in [0.4, 0.5) is 5.69 Å². The molecule has 0 spiro atoms. The van der Waals surface area contributed by atoms with Crippen molar-refractivity contribution in [3.05, 3.63) is 34.4 Å². The minimum absolute atomic E-state index is 0.0556. The maximum atomic E-state index is 12.6. The summed E-state index contributed by atoms with van der Waals surface area (Å²) in [5.74, 6) is 0.101. The number of amides is 1. The molecule has 1 unspecified atom stereocenters. The molecule has 8 heteroatoms. The number of likely N-dealkylation sites (tertiary alicyclic amines) is 1. The predicted molar refractivity (Wildman–Crippen MR) is 97.6 cm³/mol. The van der Waals surface area contributed by atoms with Gasteiger partial charge in [-0.3, -0.25) is 14.9 Å². The molecule has 0 radical (unpaired) electrons. The first-order valence-electron chi connectivity index (χ1n) is 8.53. The van der Waals surface area contributed by atoms with Gasteiger partial charge in [0.2, 0.25) is 5.91 Å². The van der Waals surface area contributed by atoms with Crippen molar-refractivity contribution in [3.63, 3.8) is 0 Å². The minimum atomic E-state index is -0.428. The topological polar surface area (TPSA) is 98.7 Å². The van der Waals surface area contributed by atoms with Crippen LogP contribution >= 0.6 is 11.8 Å². The monoisotopic (exact) mass is 367 g/mol. The van der Waals surface area contributed by atoms with Gasteiger partial charge in [0.15, 0.2) is 0 Å². The van der Waals surface area contributed by atoms with Crippen molar-refractivity contribution in [1.82, 2.24) is 4.90 Å². The van der Waals surface area contributed by atoms with Crippen molar-refractivity contribution < 1.29 is 14.5 Å². The number of carbonyl (C=O) groups is 1. The van der Waals surface area contributed by atoms with E-state index in [2.05, 4.69) is 0 Å². The maximum Gasteiger partial charge on any atom is 0.269 e. The quantitative estimate of drug-likeness (QED) is 0.328. The van der Waals surface area contributed by atoms with E-state index in [-0.39, 0.29) is 22.9 Å². The first-order valence-corrected chi connectivity index (χ1v) is 9.40. The van der Waals surface area contributed by atoms with Crippen molar-refractivity contribution in [3.8, 4) is 0 Å². The van der Waals surface area contributed by atoms with E-state index < -0.39 is 4.92 Å². The van der Waals surface area contributed by atoms with Crippen LogP contribution in [0, 0.1) is 10.1 Å². The first-order chi connectivity index (χ1) is 12.0. The lowest BCUT2D eigenvalue weighted by molar-refractivity contribution is -0.384. The summed E-state index contributed by atoms with van der Waals surface area (Å²) in [5, 5.41) is 10.5. The number of ether oxygens (including phenoxy) is 1. The molecule has 1 aliphatic rings. The molecule has 1 aliphatic heterocycles. The van der Waals surface area contributed by atoms with Crippen LogP contribution in [0.1, 0.15) is 26.2 Å². The highest BCUT2D eigenvalue weighted by atomic mass is 32.2. The smallest absolute Gasteiger partial charge is 0.269 e. The summed E-state index contributed by atoms with van der Waals surface area (Å²) in [7, 11) is 0. The minimum Gasteiger partial charge on any atom is -0.378 e. The van der Waals surface area contributed by atoms with Gasteiger partial charge in [0.25, 0.3) is 5.69 Å². The number of rotatable bonds is 8. The SMILES string of the molecule is CC(Sc1ccc([N+](=O)[O-])cc1)C(=O)N1CCC(OCCCN)CC1. The number of piperidine rings is 1. The Morgan fingerprint density at radius 2 is 2.04 bits per heavy atom. The van der Waals surface area contributed by atoms with Crippen LogP contribution in [0.25, 0.3) is 0 Å². The molecule has 25 heavy (non-hydrogen) atoms. The van der Waals surface area contributed by atoms with E-state index in [1.165, 1.54) is 23.9 Å². The maximum absolute atomic E-state index is 12.6. The van der Waals surface area contributed by atoms with Crippen molar-refractivity contribution in [2.45, 2.75) is 42.4 Å². The number of benzene rings is 1. The molecular weight excluding hydrogens is 342 g/mol. The Morgan fingerprint density at radius 1 is 1.40 bits per heavy atom. The molecule has 1 aromatic rings. The third-order valence-electron chi connectivity index (χ3n) is 4.16. The highest BCUT2D eigenvalue weighted by Gasteiger charge is 2.26. The molecule has 2 rings (SSSR count). The summed E-state index contributed by atoms with van der Waals surface area (Å²) in [4.78, 5) is 25.6. The lowest BCUT2D eigenvalue weighted by Crippen LogP contribution is -2.44. The molecule has 1 aromatic carbocycles. The van der Waals surface area contributed by atoms with Crippen LogP contribution in [0.15, 0.2) is 29.2 Å². The van der Waals surface area contributed by atoms with E-state index in [1.54, 1.807) is 12.1 Å². The summed E-state index contributed by atoms with van der Waals surface area (Å²) in [5.41, 5.74) is 5.51. The van der Waals surface area contributed by atoms with Gasteiger partial charge >= 0.3 is 0 Å². The number of hydrogen-bond acceptors (Lipinski definition) is 6. The standard InChI is InChI=1S/C17H25N3O4S/c1-13(25-16-5-3-14(4-6-16)20(22)23)17(21)19-10-7-15(8-11-19)24-12-2-9-18/h3-6,13,15H,2,7-12,18H2,1H3. The van der Waals surface area contributed by atoms with Crippen LogP contribution in [-0.4, -0.2) is 53.3 Å². The summed E-state index contributed by atoms with van der Waals surface area (Å²) >= 11 is 1.42. The van der Waals surface area contributed by atoms with Crippen LogP contribution in [0.3, 0.4) is 0 Å². The van der Waals surface area contributed by atoms with Gasteiger partial charge in [-0.1, -0.05) is 0 Å². The van der Waals surface area contributed by atoms with Crippen molar-refractivity contribution >= 4 is 23.4 Å². The van der Waals surface area contributed by atoms with Crippen molar-refractivity contribution in [2.75, 3.05) is 26.2 Å². The lowest BCUT2D eigenvalue weighted by atomic mass is 10.1. The van der Waals surface area contributed by atoms with E-state index in [1.807, 2.05) is 11.8 Å². The molecule has 1 saturated heterocycles. The number of nitrogens with two attached hydrogens (primary N) is 1. The highest BCUT2D eigenvalue weighted by Crippen LogP contribution is 2.27. The van der Waals surface area contributed by atoms with E-state index >= 15 is 0 Å². The Morgan fingerprint density at radius 3 is 2.60 bits per heavy atom. The predicted octanol–water partition coefficient (Wildman–Crippen LogP) is 2.43. The van der Waals surface area contributed by atoms with Crippen LogP contribution in [-0.2, 0) is 9.53 Å². The van der Waals surface area contributed by atoms with Crippen molar-refractivity contribution in [1.29, 1.82) is 0 Å². The zero-order chi connectivity index (χ0) is 18.2. The lowest BCUT2D eigenvalue weighted by Gasteiger charge is -2.33. The number of hydrogen-bond donors (Lipinski definition) is 1. The second kappa shape index (κ2) is 9.74. The third kappa shape index (κ3) is 5.98. The molecule has 7 nitrogen and oxygen atoms in total.